The monoisotopic (exact) mass is 230 g/mol. The molecule has 1 atom stereocenters. The molecule has 0 fully saturated rings. The van der Waals surface area contributed by atoms with E-state index in [9.17, 15) is 4.79 Å². The van der Waals surface area contributed by atoms with Crippen molar-refractivity contribution in [1.29, 1.82) is 0 Å². The van der Waals surface area contributed by atoms with Crippen molar-refractivity contribution in [1.82, 2.24) is 0 Å². The van der Waals surface area contributed by atoms with Crippen LogP contribution in [-0.2, 0) is 9.47 Å². The van der Waals surface area contributed by atoms with Gasteiger partial charge < -0.3 is 9.47 Å². The summed E-state index contributed by atoms with van der Waals surface area (Å²) in [7, 11) is 0. The molecule has 0 radical (unpaired) electrons. The lowest BCUT2D eigenvalue weighted by Gasteiger charge is -2.37. The number of ether oxygens (including phenoxy) is 2. The van der Waals surface area contributed by atoms with Crippen molar-refractivity contribution >= 4 is 6.16 Å². The van der Waals surface area contributed by atoms with Crippen LogP contribution in [0.15, 0.2) is 0 Å². The van der Waals surface area contributed by atoms with Gasteiger partial charge in [-0.1, -0.05) is 34.6 Å². The Labute approximate surface area is 99.5 Å². The third kappa shape index (κ3) is 4.42. The van der Waals surface area contributed by atoms with Crippen molar-refractivity contribution in [3.05, 3.63) is 0 Å². The molecule has 0 aliphatic rings. The molecule has 0 N–H and O–H groups in total. The SMILES string of the molecule is CC(C)C(C)OC(=O)OC(C)(C)C(C)(C)C. The molecule has 0 rings (SSSR count). The van der Waals surface area contributed by atoms with Gasteiger partial charge in [-0.05, 0) is 26.7 Å². The van der Waals surface area contributed by atoms with Crippen LogP contribution >= 0.6 is 0 Å². The van der Waals surface area contributed by atoms with E-state index in [2.05, 4.69) is 0 Å². The second kappa shape index (κ2) is 5.07. The fourth-order valence-electron chi connectivity index (χ4n) is 0.673. The normalized spacial score (nSPS) is 14.8. The lowest BCUT2D eigenvalue weighted by molar-refractivity contribution is -0.0842. The molecule has 0 aromatic carbocycles. The van der Waals surface area contributed by atoms with E-state index < -0.39 is 11.8 Å². The second-order valence-electron chi connectivity index (χ2n) is 6.18. The number of rotatable bonds is 3. The molecule has 0 heterocycles. The number of carbonyl (C=O) groups excluding carboxylic acids is 1. The minimum absolute atomic E-state index is 0.118. The van der Waals surface area contributed by atoms with Crippen LogP contribution in [0.1, 0.15) is 55.4 Å². The average molecular weight is 230 g/mol. The van der Waals surface area contributed by atoms with E-state index in [0.717, 1.165) is 0 Å². The Bertz CT molecular complexity index is 236. The number of hydrogen-bond donors (Lipinski definition) is 0. The second-order valence-corrected chi connectivity index (χ2v) is 6.18. The topological polar surface area (TPSA) is 35.5 Å². The van der Waals surface area contributed by atoms with E-state index >= 15 is 0 Å². The van der Waals surface area contributed by atoms with E-state index in [4.69, 9.17) is 9.47 Å². The van der Waals surface area contributed by atoms with Gasteiger partial charge in [0.2, 0.25) is 0 Å². The van der Waals surface area contributed by atoms with Gasteiger partial charge in [-0.3, -0.25) is 0 Å². The summed E-state index contributed by atoms with van der Waals surface area (Å²) in [4.78, 5) is 11.6. The minimum Gasteiger partial charge on any atom is -0.431 e. The van der Waals surface area contributed by atoms with E-state index in [1.165, 1.54) is 0 Å². The molecule has 0 aliphatic heterocycles. The maximum Gasteiger partial charge on any atom is 0.509 e. The predicted molar refractivity (Wildman–Crippen MR) is 65.4 cm³/mol. The highest BCUT2D eigenvalue weighted by atomic mass is 16.7. The number of hydrogen-bond acceptors (Lipinski definition) is 3. The summed E-state index contributed by atoms with van der Waals surface area (Å²) in [6.07, 6.45) is -0.704. The zero-order valence-corrected chi connectivity index (χ0v) is 11.9. The zero-order chi connectivity index (χ0) is 13.1. The molecule has 3 heteroatoms. The van der Waals surface area contributed by atoms with Gasteiger partial charge in [-0.25, -0.2) is 4.79 Å². The Morgan fingerprint density at radius 1 is 1.00 bits per heavy atom. The van der Waals surface area contributed by atoms with Crippen LogP contribution in [0, 0.1) is 11.3 Å². The Morgan fingerprint density at radius 2 is 1.44 bits per heavy atom. The Kier molecular flexibility index (Phi) is 4.84. The maximum atomic E-state index is 11.6. The van der Waals surface area contributed by atoms with Crippen LogP contribution < -0.4 is 0 Å². The molecule has 0 saturated heterocycles. The first-order chi connectivity index (χ1) is 6.97. The van der Waals surface area contributed by atoms with Crippen molar-refractivity contribution in [2.45, 2.75) is 67.1 Å². The van der Waals surface area contributed by atoms with Gasteiger partial charge in [-0.15, -0.1) is 0 Å². The molecule has 0 spiro atoms. The summed E-state index contributed by atoms with van der Waals surface area (Å²) in [5.74, 6) is 0.297. The maximum absolute atomic E-state index is 11.6. The summed E-state index contributed by atoms with van der Waals surface area (Å²) in [5, 5.41) is 0. The summed E-state index contributed by atoms with van der Waals surface area (Å²) in [6, 6.07) is 0. The molecule has 0 aromatic heterocycles. The average Bonchev–Trinajstić information content (AvgIpc) is 1.99. The van der Waals surface area contributed by atoms with Gasteiger partial charge >= 0.3 is 6.16 Å². The highest BCUT2D eigenvalue weighted by Crippen LogP contribution is 2.33. The first-order valence-corrected chi connectivity index (χ1v) is 5.87. The van der Waals surface area contributed by atoms with Gasteiger partial charge in [0.1, 0.15) is 11.7 Å². The third-order valence-corrected chi connectivity index (χ3v) is 3.37. The van der Waals surface area contributed by atoms with Crippen LogP contribution in [0.2, 0.25) is 0 Å². The van der Waals surface area contributed by atoms with E-state index in [1.54, 1.807) is 0 Å². The summed E-state index contributed by atoms with van der Waals surface area (Å²) in [6.45, 7) is 15.8. The fourth-order valence-corrected chi connectivity index (χ4v) is 0.673. The molecule has 96 valence electrons. The van der Waals surface area contributed by atoms with Crippen molar-refractivity contribution in [3.63, 3.8) is 0 Å². The lowest BCUT2D eigenvalue weighted by Crippen LogP contribution is -2.42. The smallest absolute Gasteiger partial charge is 0.431 e. The molecule has 0 bridgehead atoms. The molecule has 16 heavy (non-hydrogen) atoms. The third-order valence-electron chi connectivity index (χ3n) is 3.37. The largest absolute Gasteiger partial charge is 0.509 e. The van der Waals surface area contributed by atoms with Crippen LogP contribution in [0.5, 0.6) is 0 Å². The van der Waals surface area contributed by atoms with Crippen molar-refractivity contribution in [3.8, 4) is 0 Å². The molecule has 0 amide bonds. The molecule has 3 nitrogen and oxygen atoms in total. The van der Waals surface area contributed by atoms with E-state index in [-0.39, 0.29) is 11.5 Å². The van der Waals surface area contributed by atoms with E-state index in [0.29, 0.717) is 5.92 Å². The van der Waals surface area contributed by atoms with Crippen LogP contribution in [-0.4, -0.2) is 17.9 Å². The molecular weight excluding hydrogens is 204 g/mol. The van der Waals surface area contributed by atoms with Gasteiger partial charge in [0.15, 0.2) is 0 Å². The quantitative estimate of drug-likeness (QED) is 0.687. The number of carbonyl (C=O) groups is 1. The minimum atomic E-state index is -0.582. The Hall–Kier alpha value is -0.730. The van der Waals surface area contributed by atoms with Crippen LogP contribution in [0.25, 0.3) is 0 Å². The van der Waals surface area contributed by atoms with Crippen molar-refractivity contribution in [2.75, 3.05) is 0 Å². The summed E-state index contributed by atoms with van der Waals surface area (Å²) in [5.41, 5.74) is -0.659. The van der Waals surface area contributed by atoms with Crippen LogP contribution in [0.4, 0.5) is 4.79 Å². The highest BCUT2D eigenvalue weighted by molar-refractivity contribution is 5.60. The molecular formula is C13H26O3. The Balaban J connectivity index is 4.36. The standard InChI is InChI=1S/C13H26O3/c1-9(2)10(3)15-11(14)16-13(7,8)12(4,5)6/h9-10H,1-8H3. The van der Waals surface area contributed by atoms with Crippen molar-refractivity contribution < 1.29 is 14.3 Å². The molecule has 0 aromatic rings. The first kappa shape index (κ1) is 15.3. The van der Waals surface area contributed by atoms with Gasteiger partial charge in [0.25, 0.3) is 0 Å². The van der Waals surface area contributed by atoms with E-state index in [1.807, 2.05) is 55.4 Å². The van der Waals surface area contributed by atoms with Gasteiger partial charge in [0, 0.05) is 5.41 Å². The predicted octanol–water partition coefficient (Wildman–Crippen LogP) is 4.01. The highest BCUT2D eigenvalue weighted by Gasteiger charge is 2.37. The fraction of sp³-hybridized carbons (Fsp3) is 0.923. The van der Waals surface area contributed by atoms with Crippen LogP contribution in [0.3, 0.4) is 0 Å². The Morgan fingerprint density at radius 3 is 1.75 bits per heavy atom. The van der Waals surface area contributed by atoms with Crippen molar-refractivity contribution in [2.24, 2.45) is 11.3 Å². The molecule has 0 saturated carbocycles. The molecule has 0 aliphatic carbocycles. The summed E-state index contributed by atoms with van der Waals surface area (Å²) < 4.78 is 10.5. The first-order valence-electron chi connectivity index (χ1n) is 5.87. The lowest BCUT2D eigenvalue weighted by atomic mass is 9.79. The summed E-state index contributed by atoms with van der Waals surface area (Å²) >= 11 is 0. The van der Waals surface area contributed by atoms with Gasteiger partial charge in [-0.2, -0.15) is 0 Å². The zero-order valence-electron chi connectivity index (χ0n) is 11.9. The molecule has 1 unspecified atom stereocenters. The van der Waals surface area contributed by atoms with Gasteiger partial charge in [0.05, 0.1) is 0 Å².